The maximum Gasteiger partial charge on any atom is 0.238 e. The van der Waals surface area contributed by atoms with Gasteiger partial charge in [-0.3, -0.25) is 4.57 Å². The molecule has 0 fully saturated rings. The molecule has 0 aliphatic rings. The van der Waals surface area contributed by atoms with E-state index in [0.717, 1.165) is 94.2 Å². The fraction of sp³-hybridized carbons (Fsp3) is 0.0172. The second-order valence-electron chi connectivity index (χ2n) is 15.6. The Hall–Kier alpha value is -8.41. The van der Waals surface area contributed by atoms with E-state index in [4.69, 9.17) is 15.0 Å². The summed E-state index contributed by atoms with van der Waals surface area (Å²) in [5.74, 6) is 1.72. The molecule has 0 spiro atoms. The third-order valence-electron chi connectivity index (χ3n) is 11.9. The molecule has 8 aromatic carbocycles. The Labute approximate surface area is 366 Å². The SMILES string of the molecule is C=Cc1c(/C=C\C)n(-c2ccc(-c3nc(-c4ccccc4)nc(-n4c5ccccc5c5cccc(-c6ccccc6)c54)n3)cc2-c2cccc(-c3ccccc3)c2)c2ccccc12. The van der Waals surface area contributed by atoms with Crippen LogP contribution in [0.25, 0.3) is 113 Å². The number of hydrogen-bond donors (Lipinski definition) is 0. The molecule has 0 radical (unpaired) electrons. The van der Waals surface area contributed by atoms with Gasteiger partial charge in [0.15, 0.2) is 11.6 Å². The third kappa shape index (κ3) is 6.55. The Bertz CT molecular complexity index is 3520. The van der Waals surface area contributed by atoms with Crippen LogP contribution in [-0.2, 0) is 0 Å². The minimum absolute atomic E-state index is 0.549. The van der Waals surface area contributed by atoms with Gasteiger partial charge in [-0.05, 0) is 71.7 Å². The molecule has 0 atom stereocenters. The Morgan fingerprint density at radius 1 is 0.429 bits per heavy atom. The van der Waals surface area contributed by atoms with Crippen molar-refractivity contribution in [2.75, 3.05) is 0 Å². The summed E-state index contributed by atoms with van der Waals surface area (Å²) < 4.78 is 4.58. The fourth-order valence-electron chi connectivity index (χ4n) is 9.07. The van der Waals surface area contributed by atoms with Crippen molar-refractivity contribution in [3.05, 3.63) is 224 Å². The number of rotatable bonds is 9. The van der Waals surface area contributed by atoms with Gasteiger partial charge in [0.2, 0.25) is 5.95 Å². The predicted octanol–water partition coefficient (Wildman–Crippen LogP) is 14.9. The van der Waals surface area contributed by atoms with Crippen LogP contribution in [0.3, 0.4) is 0 Å². The second-order valence-corrected chi connectivity index (χ2v) is 15.6. The van der Waals surface area contributed by atoms with Crippen LogP contribution >= 0.6 is 0 Å². The highest BCUT2D eigenvalue weighted by Gasteiger charge is 2.23. The van der Waals surface area contributed by atoms with Gasteiger partial charge >= 0.3 is 0 Å². The van der Waals surface area contributed by atoms with Crippen LogP contribution in [0.15, 0.2) is 213 Å². The fourth-order valence-corrected chi connectivity index (χ4v) is 9.07. The molecule has 11 aromatic rings. The number of allylic oxidation sites excluding steroid dienone is 1. The van der Waals surface area contributed by atoms with E-state index < -0.39 is 0 Å². The van der Waals surface area contributed by atoms with E-state index in [1.54, 1.807) is 0 Å². The van der Waals surface area contributed by atoms with Gasteiger partial charge in [0, 0.05) is 44.0 Å². The number of aromatic nitrogens is 5. The summed E-state index contributed by atoms with van der Waals surface area (Å²) in [6.45, 7) is 6.32. The smallest absolute Gasteiger partial charge is 0.238 e. The van der Waals surface area contributed by atoms with Crippen LogP contribution in [-0.4, -0.2) is 24.1 Å². The highest BCUT2D eigenvalue weighted by atomic mass is 15.2. The first-order chi connectivity index (χ1) is 31.2. The number of nitrogens with zero attached hydrogens (tertiary/aromatic N) is 5. The molecule has 3 aromatic heterocycles. The quantitative estimate of drug-likeness (QED) is 0.146. The topological polar surface area (TPSA) is 48.5 Å². The van der Waals surface area contributed by atoms with E-state index in [1.807, 2.05) is 24.3 Å². The molecule has 0 saturated carbocycles. The molecule has 0 bridgehead atoms. The number of para-hydroxylation sites is 3. The van der Waals surface area contributed by atoms with Crippen molar-refractivity contribution in [2.45, 2.75) is 6.92 Å². The van der Waals surface area contributed by atoms with Crippen molar-refractivity contribution in [1.29, 1.82) is 0 Å². The highest BCUT2D eigenvalue weighted by Crippen LogP contribution is 2.41. The van der Waals surface area contributed by atoms with Crippen molar-refractivity contribution in [2.24, 2.45) is 0 Å². The lowest BCUT2D eigenvalue weighted by atomic mass is 9.96. The molecule has 0 saturated heterocycles. The first-order valence-corrected chi connectivity index (χ1v) is 21.3. The van der Waals surface area contributed by atoms with Crippen LogP contribution in [0.1, 0.15) is 18.2 Å². The van der Waals surface area contributed by atoms with Crippen molar-refractivity contribution in [1.82, 2.24) is 24.1 Å². The van der Waals surface area contributed by atoms with Crippen LogP contribution in [0, 0.1) is 0 Å². The van der Waals surface area contributed by atoms with Gasteiger partial charge < -0.3 is 4.57 Å². The van der Waals surface area contributed by atoms with Crippen LogP contribution in [0.5, 0.6) is 0 Å². The zero-order valence-corrected chi connectivity index (χ0v) is 34.7. The van der Waals surface area contributed by atoms with E-state index in [9.17, 15) is 0 Å². The number of hydrogen-bond acceptors (Lipinski definition) is 3. The van der Waals surface area contributed by atoms with E-state index in [2.05, 4.69) is 217 Å². The van der Waals surface area contributed by atoms with Crippen LogP contribution in [0.4, 0.5) is 0 Å². The molecule has 0 aliphatic heterocycles. The minimum atomic E-state index is 0.549. The third-order valence-corrected chi connectivity index (χ3v) is 11.9. The molecule has 0 amide bonds. The highest BCUT2D eigenvalue weighted by molar-refractivity contribution is 6.13. The molecule has 0 aliphatic carbocycles. The van der Waals surface area contributed by atoms with Crippen molar-refractivity contribution in [3.8, 4) is 67.8 Å². The minimum Gasteiger partial charge on any atom is -0.309 e. The zero-order chi connectivity index (χ0) is 42.3. The first kappa shape index (κ1) is 37.6. The maximum absolute atomic E-state index is 5.43. The van der Waals surface area contributed by atoms with Crippen LogP contribution in [0.2, 0.25) is 0 Å². The Morgan fingerprint density at radius 3 is 1.71 bits per heavy atom. The van der Waals surface area contributed by atoms with Crippen molar-refractivity contribution in [3.63, 3.8) is 0 Å². The Kier molecular flexibility index (Phi) is 9.48. The lowest BCUT2D eigenvalue weighted by Gasteiger charge is -2.18. The predicted molar refractivity (Wildman–Crippen MR) is 263 cm³/mol. The Morgan fingerprint density at radius 2 is 1.00 bits per heavy atom. The summed E-state index contributed by atoms with van der Waals surface area (Å²) in [5, 5.41) is 3.41. The molecular formula is C58H41N5. The van der Waals surface area contributed by atoms with Gasteiger partial charge in [-0.25, -0.2) is 4.98 Å². The van der Waals surface area contributed by atoms with E-state index in [0.29, 0.717) is 17.6 Å². The summed E-state index contributed by atoms with van der Waals surface area (Å²) in [7, 11) is 0. The summed E-state index contributed by atoms with van der Waals surface area (Å²) in [6.07, 6.45) is 6.24. The first-order valence-electron chi connectivity index (χ1n) is 21.3. The van der Waals surface area contributed by atoms with Crippen molar-refractivity contribution < 1.29 is 0 Å². The summed E-state index contributed by atoms with van der Waals surface area (Å²) in [4.78, 5) is 16.0. The van der Waals surface area contributed by atoms with Gasteiger partial charge in [-0.15, -0.1) is 0 Å². The molecule has 5 heteroatoms. The summed E-state index contributed by atoms with van der Waals surface area (Å²) in [6, 6.07) is 70.3. The standard InChI is InChI=1S/C58H41N5/c1-3-20-51-45(4-2)47-29-14-16-33-52(47)62(51)54-36-35-44(38-50(54)43-28-18-27-42(37-43)39-21-8-5-9-22-39)57-59-56(41-25-12-7-13-26-41)60-58(61-57)63-53-34-17-15-30-48(53)49-32-19-31-46(55(49)63)40-23-10-6-11-24-40/h3-38H,2H2,1H3/b20-3-. The molecule has 0 N–H and O–H groups in total. The molecule has 298 valence electrons. The lowest BCUT2D eigenvalue weighted by molar-refractivity contribution is 0.953. The maximum atomic E-state index is 5.43. The lowest BCUT2D eigenvalue weighted by Crippen LogP contribution is -2.07. The van der Waals surface area contributed by atoms with Gasteiger partial charge in [0.1, 0.15) is 0 Å². The molecule has 63 heavy (non-hydrogen) atoms. The van der Waals surface area contributed by atoms with Gasteiger partial charge in [0.05, 0.1) is 27.9 Å². The number of benzene rings is 8. The average Bonchev–Trinajstić information content (AvgIpc) is 3.87. The van der Waals surface area contributed by atoms with Crippen molar-refractivity contribution >= 4 is 44.9 Å². The second kappa shape index (κ2) is 15.9. The molecule has 11 rings (SSSR count). The average molecular weight is 808 g/mol. The number of fused-ring (bicyclic) bond motifs is 4. The summed E-state index contributed by atoms with van der Waals surface area (Å²) in [5.41, 5.74) is 14.8. The normalized spacial score (nSPS) is 11.6. The summed E-state index contributed by atoms with van der Waals surface area (Å²) >= 11 is 0. The van der Waals surface area contributed by atoms with Gasteiger partial charge in [0.25, 0.3) is 0 Å². The van der Waals surface area contributed by atoms with Crippen LogP contribution < -0.4 is 0 Å². The van der Waals surface area contributed by atoms with E-state index >= 15 is 0 Å². The molecule has 0 unspecified atom stereocenters. The molecular weight excluding hydrogens is 767 g/mol. The molecule has 5 nitrogen and oxygen atoms in total. The van der Waals surface area contributed by atoms with E-state index in [1.165, 1.54) is 0 Å². The largest absolute Gasteiger partial charge is 0.309 e. The van der Waals surface area contributed by atoms with Gasteiger partial charge in [-0.2, -0.15) is 9.97 Å². The van der Waals surface area contributed by atoms with Gasteiger partial charge in [-0.1, -0.05) is 183 Å². The zero-order valence-electron chi connectivity index (χ0n) is 34.7. The monoisotopic (exact) mass is 807 g/mol. The Balaban J connectivity index is 1.20. The molecule has 3 heterocycles. The van der Waals surface area contributed by atoms with E-state index in [-0.39, 0.29) is 0 Å².